The molecule has 1 fully saturated rings. The summed E-state index contributed by atoms with van der Waals surface area (Å²) < 4.78 is 0.852. The summed E-state index contributed by atoms with van der Waals surface area (Å²) in [5, 5.41) is 4.77. The summed E-state index contributed by atoms with van der Waals surface area (Å²) in [6.07, 6.45) is 3.20. The highest BCUT2D eigenvalue weighted by atomic mass is 79.9. The van der Waals surface area contributed by atoms with Crippen LogP contribution in [0.3, 0.4) is 0 Å². The summed E-state index contributed by atoms with van der Waals surface area (Å²) in [5.74, 6) is -0.0337. The van der Waals surface area contributed by atoms with Crippen LogP contribution in [0.15, 0.2) is 15.9 Å². The normalized spacial score (nSPS) is 18.3. The Kier molecular flexibility index (Phi) is 3.13. The maximum Gasteiger partial charge on any atom is 0.262 e. The molecule has 1 aliphatic rings. The molecule has 3 N–H and O–H groups in total. The van der Waals surface area contributed by atoms with Crippen molar-refractivity contribution in [2.75, 3.05) is 6.54 Å². The van der Waals surface area contributed by atoms with E-state index in [0.717, 1.165) is 22.2 Å². The lowest BCUT2D eigenvalue weighted by Crippen LogP contribution is -2.54. The fourth-order valence-corrected chi connectivity index (χ4v) is 3.07. The van der Waals surface area contributed by atoms with Crippen molar-refractivity contribution in [2.45, 2.75) is 24.8 Å². The van der Waals surface area contributed by atoms with Crippen LogP contribution in [0.4, 0.5) is 0 Å². The number of nitrogens with one attached hydrogen (secondary N) is 1. The van der Waals surface area contributed by atoms with Crippen LogP contribution in [0.25, 0.3) is 0 Å². The molecule has 3 nitrogen and oxygen atoms in total. The lowest BCUT2D eigenvalue weighted by Gasteiger charge is -2.38. The zero-order chi connectivity index (χ0) is 10.9. The third kappa shape index (κ3) is 2.41. The van der Waals surface area contributed by atoms with Gasteiger partial charge in [-0.05, 0) is 46.6 Å². The van der Waals surface area contributed by atoms with Gasteiger partial charge in [0.25, 0.3) is 5.91 Å². The molecule has 0 spiro atoms. The first-order chi connectivity index (χ1) is 7.11. The van der Waals surface area contributed by atoms with Gasteiger partial charge in [-0.1, -0.05) is 0 Å². The van der Waals surface area contributed by atoms with Gasteiger partial charge in [-0.25, -0.2) is 0 Å². The molecule has 1 amide bonds. The minimum atomic E-state index is -0.153. The average Bonchev–Trinajstić information content (AvgIpc) is 2.58. The monoisotopic (exact) mass is 288 g/mol. The molecule has 0 atom stereocenters. The first-order valence-corrected chi connectivity index (χ1v) is 6.58. The quantitative estimate of drug-likeness (QED) is 0.895. The fraction of sp³-hybridized carbons (Fsp3) is 0.500. The fourth-order valence-electron chi connectivity index (χ4n) is 1.60. The second kappa shape index (κ2) is 4.23. The van der Waals surface area contributed by atoms with Gasteiger partial charge in [-0.3, -0.25) is 4.79 Å². The van der Waals surface area contributed by atoms with E-state index in [4.69, 9.17) is 5.73 Å². The van der Waals surface area contributed by atoms with Crippen molar-refractivity contribution in [1.82, 2.24) is 5.32 Å². The number of thiophene rings is 1. The SMILES string of the molecule is NC1(CNC(=O)c2sccc2Br)CCC1. The molecular formula is C10H13BrN2OS. The zero-order valence-corrected chi connectivity index (χ0v) is 10.7. The summed E-state index contributed by atoms with van der Waals surface area (Å²) in [7, 11) is 0. The Morgan fingerprint density at radius 1 is 1.67 bits per heavy atom. The van der Waals surface area contributed by atoms with Gasteiger partial charge >= 0.3 is 0 Å². The van der Waals surface area contributed by atoms with Crippen LogP contribution in [-0.2, 0) is 0 Å². The van der Waals surface area contributed by atoms with Gasteiger partial charge in [0.05, 0.1) is 0 Å². The van der Waals surface area contributed by atoms with E-state index in [2.05, 4.69) is 21.2 Å². The molecule has 0 bridgehead atoms. The number of hydrogen-bond donors (Lipinski definition) is 2. The van der Waals surface area contributed by atoms with Gasteiger partial charge in [-0.2, -0.15) is 0 Å². The van der Waals surface area contributed by atoms with Crippen molar-refractivity contribution < 1.29 is 4.79 Å². The van der Waals surface area contributed by atoms with E-state index in [1.165, 1.54) is 17.8 Å². The van der Waals surface area contributed by atoms with E-state index in [-0.39, 0.29) is 11.4 Å². The average molecular weight is 289 g/mol. The number of hydrogen-bond acceptors (Lipinski definition) is 3. The first kappa shape index (κ1) is 11.1. The van der Waals surface area contributed by atoms with Gasteiger partial charge in [0, 0.05) is 16.6 Å². The summed E-state index contributed by atoms with van der Waals surface area (Å²) in [6, 6.07) is 1.88. The smallest absolute Gasteiger partial charge is 0.262 e. The van der Waals surface area contributed by atoms with Crippen LogP contribution in [0.1, 0.15) is 28.9 Å². The van der Waals surface area contributed by atoms with Crippen molar-refractivity contribution in [1.29, 1.82) is 0 Å². The van der Waals surface area contributed by atoms with Crippen LogP contribution >= 0.6 is 27.3 Å². The van der Waals surface area contributed by atoms with Crippen molar-refractivity contribution >= 4 is 33.2 Å². The molecule has 2 rings (SSSR count). The molecule has 0 aromatic carbocycles. The van der Waals surface area contributed by atoms with E-state index in [9.17, 15) is 4.79 Å². The second-order valence-corrected chi connectivity index (χ2v) is 5.77. The van der Waals surface area contributed by atoms with Crippen LogP contribution in [0.5, 0.6) is 0 Å². The summed E-state index contributed by atoms with van der Waals surface area (Å²) in [6.45, 7) is 0.580. The Bertz CT molecular complexity index is 373. The molecule has 15 heavy (non-hydrogen) atoms. The number of carbonyl (C=O) groups is 1. The summed E-state index contributed by atoms with van der Waals surface area (Å²) in [4.78, 5) is 12.4. The van der Waals surface area contributed by atoms with Crippen LogP contribution in [0.2, 0.25) is 0 Å². The van der Waals surface area contributed by atoms with E-state index < -0.39 is 0 Å². The van der Waals surface area contributed by atoms with Crippen molar-refractivity contribution in [2.24, 2.45) is 5.73 Å². The first-order valence-electron chi connectivity index (χ1n) is 4.91. The molecule has 1 saturated carbocycles. The van der Waals surface area contributed by atoms with Crippen LogP contribution < -0.4 is 11.1 Å². The number of carbonyl (C=O) groups excluding carboxylic acids is 1. The maximum absolute atomic E-state index is 11.7. The topological polar surface area (TPSA) is 55.1 Å². The molecule has 1 aromatic heterocycles. The maximum atomic E-state index is 11.7. The molecule has 0 unspecified atom stereocenters. The third-order valence-electron chi connectivity index (χ3n) is 2.77. The Morgan fingerprint density at radius 3 is 2.87 bits per heavy atom. The van der Waals surface area contributed by atoms with E-state index in [1.54, 1.807) is 0 Å². The zero-order valence-electron chi connectivity index (χ0n) is 8.25. The molecular weight excluding hydrogens is 276 g/mol. The Hall–Kier alpha value is -0.390. The number of nitrogens with two attached hydrogens (primary N) is 1. The van der Waals surface area contributed by atoms with E-state index in [1.807, 2.05) is 11.4 Å². The van der Waals surface area contributed by atoms with Crippen molar-refractivity contribution in [3.63, 3.8) is 0 Å². The second-order valence-electron chi connectivity index (χ2n) is 4.00. The molecule has 0 saturated heterocycles. The minimum absolute atomic E-state index is 0.0337. The van der Waals surface area contributed by atoms with Crippen LogP contribution in [0, 0.1) is 0 Å². The highest BCUT2D eigenvalue weighted by Crippen LogP contribution is 2.28. The highest BCUT2D eigenvalue weighted by molar-refractivity contribution is 9.10. The van der Waals surface area contributed by atoms with Crippen molar-refractivity contribution in [3.8, 4) is 0 Å². The van der Waals surface area contributed by atoms with Gasteiger partial charge < -0.3 is 11.1 Å². The Morgan fingerprint density at radius 2 is 2.40 bits per heavy atom. The van der Waals surface area contributed by atoms with Crippen molar-refractivity contribution in [3.05, 3.63) is 20.8 Å². The molecule has 0 radical (unpaired) electrons. The molecule has 82 valence electrons. The number of rotatable bonds is 3. The predicted octanol–water partition coefficient (Wildman–Crippen LogP) is 2.12. The molecule has 1 aromatic rings. The summed E-state index contributed by atoms with van der Waals surface area (Å²) >= 11 is 4.77. The summed E-state index contributed by atoms with van der Waals surface area (Å²) in [5.41, 5.74) is 5.87. The third-order valence-corrected chi connectivity index (χ3v) is 4.61. The highest BCUT2D eigenvalue weighted by Gasteiger charge is 2.32. The molecule has 0 aliphatic heterocycles. The molecule has 5 heteroatoms. The Balaban J connectivity index is 1.90. The van der Waals surface area contributed by atoms with Gasteiger partial charge in [0.1, 0.15) is 4.88 Å². The Labute approximate surface area is 101 Å². The van der Waals surface area contributed by atoms with E-state index >= 15 is 0 Å². The molecule has 1 aliphatic carbocycles. The minimum Gasteiger partial charge on any atom is -0.349 e. The molecule has 1 heterocycles. The lowest BCUT2D eigenvalue weighted by atomic mass is 9.78. The standard InChI is InChI=1S/C10H13BrN2OS/c11-7-2-5-15-8(7)9(14)13-6-10(12)3-1-4-10/h2,5H,1,3-4,6,12H2,(H,13,14). The largest absolute Gasteiger partial charge is 0.349 e. The lowest BCUT2D eigenvalue weighted by molar-refractivity contribution is 0.0933. The van der Waals surface area contributed by atoms with Gasteiger partial charge in [0.15, 0.2) is 0 Å². The number of amides is 1. The number of halogens is 1. The van der Waals surface area contributed by atoms with E-state index in [0.29, 0.717) is 6.54 Å². The predicted molar refractivity (Wildman–Crippen MR) is 65.1 cm³/mol. The van der Waals surface area contributed by atoms with Gasteiger partial charge in [0.2, 0.25) is 0 Å². The van der Waals surface area contributed by atoms with Crippen LogP contribution in [-0.4, -0.2) is 18.0 Å². The van der Waals surface area contributed by atoms with Gasteiger partial charge in [-0.15, -0.1) is 11.3 Å².